The highest BCUT2D eigenvalue weighted by Crippen LogP contribution is 2.23. The van der Waals surface area contributed by atoms with Crippen molar-refractivity contribution in [2.45, 2.75) is 40.2 Å². The number of carbonyl (C=O) groups excluding carboxylic acids is 1. The second-order valence-corrected chi connectivity index (χ2v) is 6.06. The van der Waals surface area contributed by atoms with Crippen molar-refractivity contribution in [1.29, 1.82) is 0 Å². The van der Waals surface area contributed by atoms with Crippen molar-refractivity contribution >= 4 is 11.7 Å². The van der Waals surface area contributed by atoms with Crippen LogP contribution in [0.3, 0.4) is 0 Å². The van der Waals surface area contributed by atoms with Crippen LogP contribution < -0.4 is 15.4 Å². The quantitative estimate of drug-likeness (QED) is 0.755. The van der Waals surface area contributed by atoms with Crippen molar-refractivity contribution < 1.29 is 14.6 Å². The van der Waals surface area contributed by atoms with Crippen molar-refractivity contribution in [2.75, 3.05) is 18.5 Å². The molecule has 1 aromatic carbocycles. The minimum absolute atomic E-state index is 0.202. The number of para-hydroxylation sites is 2. The van der Waals surface area contributed by atoms with Crippen LogP contribution in [0.5, 0.6) is 5.75 Å². The summed E-state index contributed by atoms with van der Waals surface area (Å²) in [5, 5.41) is 15.3. The van der Waals surface area contributed by atoms with E-state index in [4.69, 9.17) is 4.74 Å². The highest BCUT2D eigenvalue weighted by Gasteiger charge is 2.22. The molecule has 0 saturated carbocycles. The van der Waals surface area contributed by atoms with Crippen molar-refractivity contribution in [3.63, 3.8) is 0 Å². The summed E-state index contributed by atoms with van der Waals surface area (Å²) in [6.07, 6.45) is 0.299. The highest BCUT2D eigenvalue weighted by atomic mass is 16.5. The topological polar surface area (TPSA) is 70.6 Å². The van der Waals surface area contributed by atoms with Crippen LogP contribution in [0, 0.1) is 5.41 Å². The molecule has 118 valence electrons. The van der Waals surface area contributed by atoms with Crippen LogP contribution >= 0.6 is 0 Å². The van der Waals surface area contributed by atoms with Gasteiger partial charge in [0.2, 0.25) is 0 Å². The van der Waals surface area contributed by atoms with E-state index in [0.717, 1.165) is 6.42 Å². The van der Waals surface area contributed by atoms with Gasteiger partial charge in [0.15, 0.2) is 0 Å². The lowest BCUT2D eigenvalue weighted by molar-refractivity contribution is 0.0654. The molecular formula is C16H26N2O3. The second-order valence-electron chi connectivity index (χ2n) is 6.06. The molecule has 5 nitrogen and oxygen atoms in total. The lowest BCUT2D eigenvalue weighted by atomic mass is 9.89. The van der Waals surface area contributed by atoms with Crippen molar-refractivity contribution in [1.82, 2.24) is 5.32 Å². The molecule has 1 unspecified atom stereocenters. The molecule has 0 aliphatic heterocycles. The van der Waals surface area contributed by atoms with E-state index < -0.39 is 6.10 Å². The molecule has 5 heteroatoms. The molecule has 0 aliphatic rings. The standard InChI is InChI=1S/C16H26N2O3/c1-5-10-21-13-9-7-6-8-12(13)18-15(20)17-11-14(19)16(2,3)4/h6-9,14,19H,5,10-11H2,1-4H3,(H2,17,18,20). The number of anilines is 1. The van der Waals surface area contributed by atoms with Gasteiger partial charge in [-0.05, 0) is 24.0 Å². The summed E-state index contributed by atoms with van der Waals surface area (Å²) in [4.78, 5) is 11.9. The number of carbonyl (C=O) groups is 1. The molecule has 1 rings (SSSR count). The molecule has 0 fully saturated rings. The van der Waals surface area contributed by atoms with Gasteiger partial charge in [-0.25, -0.2) is 4.79 Å². The number of hydrogen-bond donors (Lipinski definition) is 3. The van der Waals surface area contributed by atoms with Gasteiger partial charge in [-0.15, -0.1) is 0 Å². The second kappa shape index (κ2) is 7.88. The van der Waals surface area contributed by atoms with Crippen molar-refractivity contribution in [3.8, 4) is 5.75 Å². The van der Waals surface area contributed by atoms with Crippen molar-refractivity contribution in [2.24, 2.45) is 5.41 Å². The smallest absolute Gasteiger partial charge is 0.319 e. The van der Waals surface area contributed by atoms with Gasteiger partial charge in [0.05, 0.1) is 18.4 Å². The van der Waals surface area contributed by atoms with E-state index in [0.29, 0.717) is 18.0 Å². The summed E-state index contributed by atoms with van der Waals surface area (Å²) in [7, 11) is 0. The van der Waals surface area contributed by atoms with Gasteiger partial charge in [-0.2, -0.15) is 0 Å². The minimum Gasteiger partial charge on any atom is -0.491 e. The highest BCUT2D eigenvalue weighted by molar-refractivity contribution is 5.90. The van der Waals surface area contributed by atoms with Gasteiger partial charge in [0.1, 0.15) is 5.75 Å². The Morgan fingerprint density at radius 3 is 2.62 bits per heavy atom. The van der Waals surface area contributed by atoms with Crippen LogP contribution in [0.25, 0.3) is 0 Å². The molecule has 2 amide bonds. The molecule has 1 atom stereocenters. The third-order valence-electron chi connectivity index (χ3n) is 3.05. The summed E-state index contributed by atoms with van der Waals surface area (Å²) in [5.74, 6) is 0.644. The fourth-order valence-electron chi connectivity index (χ4n) is 1.57. The summed E-state index contributed by atoms with van der Waals surface area (Å²) in [5.41, 5.74) is 0.351. The molecule has 0 aliphatic carbocycles. The van der Waals surface area contributed by atoms with Gasteiger partial charge < -0.3 is 20.5 Å². The number of hydrogen-bond acceptors (Lipinski definition) is 3. The summed E-state index contributed by atoms with van der Waals surface area (Å²) < 4.78 is 5.58. The number of amides is 2. The molecule has 0 bridgehead atoms. The molecule has 0 radical (unpaired) electrons. The Kier molecular flexibility index (Phi) is 6.49. The Hall–Kier alpha value is -1.75. The number of aliphatic hydroxyl groups excluding tert-OH is 1. The molecule has 21 heavy (non-hydrogen) atoms. The zero-order valence-electron chi connectivity index (χ0n) is 13.3. The molecule has 3 N–H and O–H groups in total. The first-order chi connectivity index (χ1) is 9.84. The zero-order chi connectivity index (χ0) is 15.9. The fourth-order valence-corrected chi connectivity index (χ4v) is 1.57. The largest absolute Gasteiger partial charge is 0.491 e. The summed E-state index contributed by atoms with van der Waals surface area (Å²) in [6.45, 7) is 8.59. The van der Waals surface area contributed by atoms with E-state index in [1.807, 2.05) is 45.9 Å². The predicted molar refractivity (Wildman–Crippen MR) is 84.7 cm³/mol. The maximum atomic E-state index is 11.9. The predicted octanol–water partition coefficient (Wildman–Crippen LogP) is 3.00. The molecule has 1 aromatic rings. The monoisotopic (exact) mass is 294 g/mol. The number of benzene rings is 1. The van der Waals surface area contributed by atoms with Crippen LogP contribution in [0.4, 0.5) is 10.5 Å². The number of urea groups is 1. The number of ether oxygens (including phenoxy) is 1. The van der Waals surface area contributed by atoms with E-state index in [-0.39, 0.29) is 18.0 Å². The van der Waals surface area contributed by atoms with Crippen LogP contribution in [-0.4, -0.2) is 30.4 Å². The van der Waals surface area contributed by atoms with Crippen LogP contribution in [0.2, 0.25) is 0 Å². The van der Waals surface area contributed by atoms with Gasteiger partial charge in [-0.3, -0.25) is 0 Å². The van der Waals surface area contributed by atoms with E-state index in [9.17, 15) is 9.90 Å². The number of rotatable bonds is 6. The maximum absolute atomic E-state index is 11.9. The normalized spacial score (nSPS) is 12.6. The molecular weight excluding hydrogens is 268 g/mol. The summed E-state index contributed by atoms with van der Waals surface area (Å²) in [6, 6.07) is 6.93. The average molecular weight is 294 g/mol. The first kappa shape index (κ1) is 17.3. The minimum atomic E-state index is -0.602. The van der Waals surface area contributed by atoms with Crippen LogP contribution in [0.15, 0.2) is 24.3 Å². The number of aliphatic hydroxyl groups is 1. The number of nitrogens with one attached hydrogen (secondary N) is 2. The van der Waals surface area contributed by atoms with Gasteiger partial charge in [0, 0.05) is 6.54 Å². The third-order valence-corrected chi connectivity index (χ3v) is 3.05. The zero-order valence-corrected chi connectivity index (χ0v) is 13.3. The Labute approximate surface area is 126 Å². The Morgan fingerprint density at radius 1 is 1.33 bits per heavy atom. The fraction of sp³-hybridized carbons (Fsp3) is 0.562. The Morgan fingerprint density at radius 2 is 2.00 bits per heavy atom. The first-order valence-corrected chi connectivity index (χ1v) is 7.29. The van der Waals surface area contributed by atoms with Gasteiger partial charge >= 0.3 is 6.03 Å². The van der Waals surface area contributed by atoms with E-state index in [1.165, 1.54) is 0 Å². The lowest BCUT2D eigenvalue weighted by Crippen LogP contribution is -2.40. The van der Waals surface area contributed by atoms with Gasteiger partial charge in [-0.1, -0.05) is 39.8 Å². The Balaban J connectivity index is 2.55. The molecule has 0 spiro atoms. The molecule has 0 saturated heterocycles. The van der Waals surface area contributed by atoms with Crippen molar-refractivity contribution in [3.05, 3.63) is 24.3 Å². The first-order valence-electron chi connectivity index (χ1n) is 7.29. The maximum Gasteiger partial charge on any atom is 0.319 e. The lowest BCUT2D eigenvalue weighted by Gasteiger charge is -2.26. The van der Waals surface area contributed by atoms with Crippen LogP contribution in [-0.2, 0) is 0 Å². The van der Waals surface area contributed by atoms with E-state index in [2.05, 4.69) is 10.6 Å². The third kappa shape index (κ3) is 6.04. The van der Waals surface area contributed by atoms with Crippen LogP contribution in [0.1, 0.15) is 34.1 Å². The Bertz CT molecular complexity index is 455. The summed E-state index contributed by atoms with van der Waals surface area (Å²) >= 11 is 0. The SMILES string of the molecule is CCCOc1ccccc1NC(=O)NCC(O)C(C)(C)C. The average Bonchev–Trinajstić information content (AvgIpc) is 2.42. The van der Waals surface area contributed by atoms with Gasteiger partial charge in [0.25, 0.3) is 0 Å². The molecule has 0 aromatic heterocycles. The molecule has 0 heterocycles. The van der Waals surface area contributed by atoms with E-state index in [1.54, 1.807) is 6.07 Å². The van der Waals surface area contributed by atoms with E-state index >= 15 is 0 Å².